The van der Waals surface area contributed by atoms with Crippen LogP contribution in [0.4, 0.5) is 0 Å². The molecule has 1 rings (SSSR count). The van der Waals surface area contributed by atoms with Crippen molar-refractivity contribution in [1.82, 2.24) is 0 Å². The predicted molar refractivity (Wildman–Crippen MR) is 64.4 cm³/mol. The maximum atomic E-state index is 11.2. The molecule has 0 saturated carbocycles. The Morgan fingerprint density at radius 2 is 2.00 bits per heavy atom. The maximum Gasteiger partial charge on any atom is 0.248 e. The van der Waals surface area contributed by atoms with Crippen LogP contribution in [0.15, 0.2) is 18.2 Å². The number of aliphatic hydroxyl groups is 1. The number of hydrogen-bond acceptors (Lipinski definition) is 2. The number of aliphatic hydroxyl groups excluding tert-OH is 1. The van der Waals surface area contributed by atoms with Crippen LogP contribution < -0.4 is 5.73 Å². The van der Waals surface area contributed by atoms with Gasteiger partial charge in [-0.1, -0.05) is 32.9 Å². The second-order valence-electron chi connectivity index (χ2n) is 4.96. The van der Waals surface area contributed by atoms with Gasteiger partial charge in [-0.3, -0.25) is 4.79 Å². The van der Waals surface area contributed by atoms with Crippen molar-refractivity contribution in [2.45, 2.75) is 32.6 Å². The minimum absolute atomic E-state index is 0.0217. The van der Waals surface area contributed by atoms with E-state index < -0.39 is 5.91 Å². The van der Waals surface area contributed by atoms with E-state index in [1.807, 2.05) is 12.1 Å². The van der Waals surface area contributed by atoms with Crippen molar-refractivity contribution >= 4 is 5.91 Å². The number of amides is 1. The number of primary amides is 1. The van der Waals surface area contributed by atoms with E-state index in [-0.39, 0.29) is 12.0 Å². The first-order valence-corrected chi connectivity index (χ1v) is 5.40. The molecule has 0 aromatic heterocycles. The molecule has 0 fully saturated rings. The third-order valence-electron chi connectivity index (χ3n) is 2.62. The van der Waals surface area contributed by atoms with Gasteiger partial charge in [-0.05, 0) is 29.0 Å². The molecule has 0 aliphatic heterocycles. The Bertz CT molecular complexity index is 391. The second kappa shape index (κ2) is 4.66. The van der Waals surface area contributed by atoms with Gasteiger partial charge in [-0.15, -0.1) is 0 Å². The van der Waals surface area contributed by atoms with Crippen LogP contribution in [0.25, 0.3) is 0 Å². The van der Waals surface area contributed by atoms with Crippen LogP contribution >= 0.6 is 0 Å². The molecule has 1 amide bonds. The van der Waals surface area contributed by atoms with E-state index >= 15 is 0 Å². The van der Waals surface area contributed by atoms with Crippen LogP contribution in [-0.4, -0.2) is 17.6 Å². The molecule has 3 N–H and O–H groups in total. The molecule has 3 heteroatoms. The minimum Gasteiger partial charge on any atom is -0.396 e. The fourth-order valence-corrected chi connectivity index (χ4v) is 1.63. The quantitative estimate of drug-likeness (QED) is 0.814. The highest BCUT2D eigenvalue weighted by Crippen LogP contribution is 2.24. The zero-order valence-electron chi connectivity index (χ0n) is 10.1. The van der Waals surface area contributed by atoms with Crippen LogP contribution in [0.5, 0.6) is 0 Å². The van der Waals surface area contributed by atoms with Crippen molar-refractivity contribution in [3.05, 3.63) is 34.9 Å². The highest BCUT2D eigenvalue weighted by molar-refractivity contribution is 5.94. The molecular formula is C13H19NO2. The molecule has 0 heterocycles. The van der Waals surface area contributed by atoms with Gasteiger partial charge in [-0.2, -0.15) is 0 Å². The Morgan fingerprint density at radius 3 is 2.44 bits per heavy atom. The summed E-state index contributed by atoms with van der Waals surface area (Å²) >= 11 is 0. The summed E-state index contributed by atoms with van der Waals surface area (Å²) in [6.07, 6.45) is 0.461. The molecule has 0 bridgehead atoms. The molecule has 0 spiro atoms. The Morgan fingerprint density at radius 1 is 1.38 bits per heavy atom. The molecule has 0 saturated heterocycles. The lowest BCUT2D eigenvalue weighted by Crippen LogP contribution is -2.17. The van der Waals surface area contributed by atoms with E-state index in [1.54, 1.807) is 6.07 Å². The van der Waals surface area contributed by atoms with Gasteiger partial charge in [0.2, 0.25) is 5.91 Å². The normalized spacial score (nSPS) is 11.5. The smallest absolute Gasteiger partial charge is 0.248 e. The van der Waals surface area contributed by atoms with E-state index in [4.69, 9.17) is 10.8 Å². The topological polar surface area (TPSA) is 63.3 Å². The summed E-state index contributed by atoms with van der Waals surface area (Å²) in [6, 6.07) is 5.62. The fourth-order valence-electron chi connectivity index (χ4n) is 1.63. The third-order valence-corrected chi connectivity index (χ3v) is 2.62. The van der Waals surface area contributed by atoms with Gasteiger partial charge in [-0.25, -0.2) is 0 Å². The maximum absolute atomic E-state index is 11.2. The third kappa shape index (κ3) is 2.83. The Kier molecular flexibility index (Phi) is 3.70. The molecule has 0 unspecified atom stereocenters. The highest BCUT2D eigenvalue weighted by Gasteiger charge is 2.16. The molecule has 0 aliphatic carbocycles. The molecular weight excluding hydrogens is 202 g/mol. The van der Waals surface area contributed by atoms with Gasteiger partial charge in [0.25, 0.3) is 0 Å². The average Bonchev–Trinajstić information content (AvgIpc) is 2.16. The van der Waals surface area contributed by atoms with Crippen molar-refractivity contribution < 1.29 is 9.90 Å². The van der Waals surface area contributed by atoms with Crippen LogP contribution in [0.2, 0.25) is 0 Å². The molecule has 0 atom stereocenters. The molecule has 16 heavy (non-hydrogen) atoms. The highest BCUT2D eigenvalue weighted by atomic mass is 16.3. The van der Waals surface area contributed by atoms with E-state index in [9.17, 15) is 4.79 Å². The van der Waals surface area contributed by atoms with Crippen molar-refractivity contribution in [2.24, 2.45) is 5.73 Å². The van der Waals surface area contributed by atoms with Crippen molar-refractivity contribution in [3.8, 4) is 0 Å². The molecule has 88 valence electrons. The van der Waals surface area contributed by atoms with Crippen molar-refractivity contribution in [1.29, 1.82) is 0 Å². The Hall–Kier alpha value is -1.35. The predicted octanol–water partition coefficient (Wildman–Crippen LogP) is 1.62. The molecule has 1 aromatic rings. The average molecular weight is 221 g/mol. The standard InChI is InChI=1S/C13H19NO2/c1-13(2,3)10-4-5-11(12(14)16)9(8-10)6-7-15/h4-5,8,15H,6-7H2,1-3H3,(H2,14,16). The zero-order valence-corrected chi connectivity index (χ0v) is 10.1. The number of nitrogens with two attached hydrogens (primary N) is 1. The molecule has 0 radical (unpaired) electrons. The Labute approximate surface area is 96.3 Å². The lowest BCUT2D eigenvalue weighted by Gasteiger charge is -2.20. The summed E-state index contributed by atoms with van der Waals surface area (Å²) in [6.45, 7) is 6.34. The van der Waals surface area contributed by atoms with Crippen LogP contribution in [0, 0.1) is 0 Å². The van der Waals surface area contributed by atoms with E-state index in [2.05, 4.69) is 20.8 Å². The summed E-state index contributed by atoms with van der Waals surface area (Å²) in [7, 11) is 0. The molecule has 0 aliphatic rings. The summed E-state index contributed by atoms with van der Waals surface area (Å²) < 4.78 is 0. The van der Waals surface area contributed by atoms with Gasteiger partial charge >= 0.3 is 0 Å². The van der Waals surface area contributed by atoms with Gasteiger partial charge in [0.05, 0.1) is 0 Å². The van der Waals surface area contributed by atoms with Crippen molar-refractivity contribution in [2.75, 3.05) is 6.61 Å². The van der Waals surface area contributed by atoms with Gasteiger partial charge < -0.3 is 10.8 Å². The number of carbonyl (C=O) groups excluding carboxylic acids is 1. The summed E-state index contributed by atoms with van der Waals surface area (Å²) in [5.74, 6) is -0.441. The monoisotopic (exact) mass is 221 g/mol. The largest absolute Gasteiger partial charge is 0.396 e. The Balaban J connectivity index is 3.22. The lowest BCUT2D eigenvalue weighted by atomic mass is 9.84. The minimum atomic E-state index is -0.441. The van der Waals surface area contributed by atoms with E-state index in [1.165, 1.54) is 0 Å². The number of rotatable bonds is 3. The second-order valence-corrected chi connectivity index (χ2v) is 4.96. The fraction of sp³-hybridized carbons (Fsp3) is 0.462. The first-order chi connectivity index (χ1) is 7.36. The number of carbonyl (C=O) groups is 1. The lowest BCUT2D eigenvalue weighted by molar-refractivity contribution is 0.0999. The van der Waals surface area contributed by atoms with E-state index in [0.29, 0.717) is 12.0 Å². The SMILES string of the molecule is CC(C)(C)c1ccc(C(N)=O)c(CCO)c1. The first-order valence-electron chi connectivity index (χ1n) is 5.40. The molecule has 3 nitrogen and oxygen atoms in total. The first kappa shape index (κ1) is 12.7. The van der Waals surface area contributed by atoms with Gasteiger partial charge in [0, 0.05) is 12.2 Å². The van der Waals surface area contributed by atoms with Crippen LogP contribution in [-0.2, 0) is 11.8 Å². The summed E-state index contributed by atoms with van der Waals surface area (Å²) in [5, 5.41) is 8.97. The molecule has 1 aromatic carbocycles. The van der Waals surface area contributed by atoms with Crippen LogP contribution in [0.1, 0.15) is 42.3 Å². The van der Waals surface area contributed by atoms with Crippen molar-refractivity contribution in [3.63, 3.8) is 0 Å². The van der Waals surface area contributed by atoms with Gasteiger partial charge in [0.15, 0.2) is 0 Å². The van der Waals surface area contributed by atoms with Crippen LogP contribution in [0.3, 0.4) is 0 Å². The van der Waals surface area contributed by atoms with E-state index in [0.717, 1.165) is 11.1 Å². The summed E-state index contributed by atoms with van der Waals surface area (Å²) in [5.41, 5.74) is 7.77. The summed E-state index contributed by atoms with van der Waals surface area (Å²) in [4.78, 5) is 11.2. The van der Waals surface area contributed by atoms with Gasteiger partial charge in [0.1, 0.15) is 0 Å². The zero-order chi connectivity index (χ0) is 12.3. The number of hydrogen-bond donors (Lipinski definition) is 2. The number of benzene rings is 1.